The van der Waals surface area contributed by atoms with Crippen molar-refractivity contribution in [3.05, 3.63) is 46.0 Å². The Balaban J connectivity index is 2.07. The van der Waals surface area contributed by atoms with Crippen LogP contribution in [-0.4, -0.2) is 29.5 Å². The lowest BCUT2D eigenvalue weighted by atomic mass is 10.1. The average molecular weight is 314 g/mol. The van der Waals surface area contributed by atoms with Gasteiger partial charge in [-0.05, 0) is 12.1 Å². The first-order valence-electron chi connectivity index (χ1n) is 5.91. The first-order chi connectivity index (χ1) is 9.63. The molecule has 2 aromatic rings. The van der Waals surface area contributed by atoms with Crippen molar-refractivity contribution in [1.29, 1.82) is 0 Å². The zero-order chi connectivity index (χ0) is 14.5. The van der Waals surface area contributed by atoms with Crippen LogP contribution in [0.15, 0.2) is 24.7 Å². The highest BCUT2D eigenvalue weighted by Crippen LogP contribution is 2.33. The topological polar surface area (TPSA) is 67.0 Å². The summed E-state index contributed by atoms with van der Waals surface area (Å²) in [4.78, 5) is 19.0. The van der Waals surface area contributed by atoms with Gasteiger partial charge in [0.2, 0.25) is 0 Å². The summed E-state index contributed by atoms with van der Waals surface area (Å²) in [7, 11) is 1.44. The van der Waals surface area contributed by atoms with Crippen molar-refractivity contribution in [3.8, 4) is 5.75 Å². The third-order valence-electron chi connectivity index (χ3n) is 2.72. The summed E-state index contributed by atoms with van der Waals surface area (Å²) in [6, 6.07) is 3.15. The number of aromatic amines is 1. The molecular formula is C13H13Cl2N3O2. The van der Waals surface area contributed by atoms with Crippen molar-refractivity contribution >= 4 is 29.1 Å². The number of imidazole rings is 1. The van der Waals surface area contributed by atoms with Crippen LogP contribution in [0.1, 0.15) is 16.1 Å². The molecule has 2 N–H and O–H groups in total. The van der Waals surface area contributed by atoms with Crippen molar-refractivity contribution in [2.45, 2.75) is 6.42 Å². The van der Waals surface area contributed by atoms with Crippen LogP contribution in [0.25, 0.3) is 0 Å². The lowest BCUT2D eigenvalue weighted by molar-refractivity contribution is 0.0951. The Kier molecular flexibility index (Phi) is 4.87. The standard InChI is InChI=1S/C13H13Cl2N3O2/c1-20-12-10(15)3-2-9(14)11(12)13(19)17-5-4-8-6-16-7-18-8/h2-3,6-7H,4-5H2,1H3,(H,16,18)(H,17,19). The molecule has 0 atom stereocenters. The second-order valence-corrected chi connectivity index (χ2v) is 4.83. The molecule has 0 aliphatic rings. The molecule has 0 saturated heterocycles. The molecule has 1 amide bonds. The van der Waals surface area contributed by atoms with E-state index in [-0.39, 0.29) is 17.2 Å². The average Bonchev–Trinajstić information content (AvgIpc) is 2.94. The van der Waals surface area contributed by atoms with Crippen LogP contribution >= 0.6 is 23.2 Å². The van der Waals surface area contributed by atoms with Gasteiger partial charge in [-0.15, -0.1) is 0 Å². The van der Waals surface area contributed by atoms with Gasteiger partial charge in [-0.1, -0.05) is 23.2 Å². The normalized spacial score (nSPS) is 10.3. The molecule has 1 aromatic heterocycles. The fourth-order valence-corrected chi connectivity index (χ4v) is 2.23. The number of benzene rings is 1. The highest BCUT2D eigenvalue weighted by Gasteiger charge is 2.19. The molecule has 0 unspecified atom stereocenters. The Morgan fingerprint density at radius 2 is 2.15 bits per heavy atom. The smallest absolute Gasteiger partial charge is 0.256 e. The Morgan fingerprint density at radius 3 is 2.80 bits per heavy atom. The van der Waals surface area contributed by atoms with E-state index < -0.39 is 0 Å². The second kappa shape index (κ2) is 6.63. The zero-order valence-electron chi connectivity index (χ0n) is 10.7. The van der Waals surface area contributed by atoms with Gasteiger partial charge in [0.1, 0.15) is 5.56 Å². The van der Waals surface area contributed by atoms with E-state index in [0.29, 0.717) is 23.0 Å². The van der Waals surface area contributed by atoms with Gasteiger partial charge in [0.05, 0.1) is 23.5 Å². The lowest BCUT2D eigenvalue weighted by Crippen LogP contribution is -2.26. The van der Waals surface area contributed by atoms with Crippen LogP contribution in [0.4, 0.5) is 0 Å². The van der Waals surface area contributed by atoms with E-state index in [1.165, 1.54) is 7.11 Å². The summed E-state index contributed by atoms with van der Waals surface area (Å²) in [6.07, 6.45) is 3.94. The van der Waals surface area contributed by atoms with Crippen molar-refractivity contribution in [1.82, 2.24) is 15.3 Å². The Morgan fingerprint density at radius 1 is 1.40 bits per heavy atom. The number of carbonyl (C=O) groups is 1. The molecule has 1 aromatic carbocycles. The van der Waals surface area contributed by atoms with Gasteiger partial charge in [0.25, 0.3) is 5.91 Å². The number of hydrogen-bond acceptors (Lipinski definition) is 3. The third-order valence-corrected chi connectivity index (χ3v) is 3.34. The number of rotatable bonds is 5. The number of carbonyl (C=O) groups excluding carboxylic acids is 1. The largest absolute Gasteiger partial charge is 0.494 e. The maximum absolute atomic E-state index is 12.2. The fourth-order valence-electron chi connectivity index (χ4n) is 1.76. The van der Waals surface area contributed by atoms with E-state index in [0.717, 1.165) is 5.69 Å². The van der Waals surface area contributed by atoms with Crippen LogP contribution in [0.5, 0.6) is 5.75 Å². The van der Waals surface area contributed by atoms with Crippen LogP contribution in [0.3, 0.4) is 0 Å². The lowest BCUT2D eigenvalue weighted by Gasteiger charge is -2.12. The van der Waals surface area contributed by atoms with Crippen molar-refractivity contribution in [2.24, 2.45) is 0 Å². The molecule has 0 bridgehead atoms. The van der Waals surface area contributed by atoms with E-state index in [2.05, 4.69) is 15.3 Å². The minimum Gasteiger partial charge on any atom is -0.494 e. The summed E-state index contributed by atoms with van der Waals surface area (Å²) < 4.78 is 5.14. The summed E-state index contributed by atoms with van der Waals surface area (Å²) in [6.45, 7) is 0.451. The Labute approximate surface area is 126 Å². The molecule has 0 saturated carbocycles. The molecule has 106 valence electrons. The number of aromatic nitrogens is 2. The van der Waals surface area contributed by atoms with Gasteiger partial charge in [-0.3, -0.25) is 4.79 Å². The molecule has 5 nitrogen and oxygen atoms in total. The van der Waals surface area contributed by atoms with Crippen LogP contribution in [0.2, 0.25) is 10.0 Å². The Hall–Kier alpha value is -1.72. The van der Waals surface area contributed by atoms with E-state index >= 15 is 0 Å². The number of hydrogen-bond donors (Lipinski definition) is 2. The maximum Gasteiger partial charge on any atom is 0.256 e. The first-order valence-corrected chi connectivity index (χ1v) is 6.66. The van der Waals surface area contributed by atoms with Gasteiger partial charge in [0, 0.05) is 24.9 Å². The monoisotopic (exact) mass is 313 g/mol. The number of nitrogens with zero attached hydrogens (tertiary/aromatic N) is 1. The quantitative estimate of drug-likeness (QED) is 0.891. The number of H-pyrrole nitrogens is 1. The summed E-state index contributed by atoms with van der Waals surface area (Å²) in [5.74, 6) is -0.0490. The number of halogens is 2. The van der Waals surface area contributed by atoms with Crippen molar-refractivity contribution < 1.29 is 9.53 Å². The molecule has 0 fully saturated rings. The summed E-state index contributed by atoms with van der Waals surface area (Å²) in [5, 5.41) is 3.41. The number of methoxy groups -OCH3 is 1. The number of nitrogens with one attached hydrogen (secondary N) is 2. The number of amides is 1. The fraction of sp³-hybridized carbons (Fsp3) is 0.231. The van der Waals surface area contributed by atoms with E-state index in [1.54, 1.807) is 24.7 Å². The van der Waals surface area contributed by atoms with Gasteiger partial charge in [-0.25, -0.2) is 4.98 Å². The van der Waals surface area contributed by atoms with Gasteiger partial charge >= 0.3 is 0 Å². The zero-order valence-corrected chi connectivity index (χ0v) is 12.3. The van der Waals surface area contributed by atoms with Crippen LogP contribution in [-0.2, 0) is 6.42 Å². The predicted molar refractivity (Wildman–Crippen MR) is 77.6 cm³/mol. The highest BCUT2D eigenvalue weighted by atomic mass is 35.5. The van der Waals surface area contributed by atoms with Crippen molar-refractivity contribution in [3.63, 3.8) is 0 Å². The predicted octanol–water partition coefficient (Wildman–Crippen LogP) is 2.70. The molecule has 2 rings (SSSR count). The minimum atomic E-state index is -0.325. The number of ether oxygens (including phenoxy) is 1. The summed E-state index contributed by atoms with van der Waals surface area (Å²) >= 11 is 12.0. The summed E-state index contributed by atoms with van der Waals surface area (Å²) in [5.41, 5.74) is 1.18. The molecule has 1 heterocycles. The highest BCUT2D eigenvalue weighted by molar-refractivity contribution is 6.37. The van der Waals surface area contributed by atoms with E-state index in [1.807, 2.05) is 0 Å². The first kappa shape index (κ1) is 14.7. The SMILES string of the molecule is COc1c(Cl)ccc(Cl)c1C(=O)NCCc1cnc[nH]1. The third kappa shape index (κ3) is 3.23. The van der Waals surface area contributed by atoms with Gasteiger partial charge < -0.3 is 15.0 Å². The molecule has 0 spiro atoms. The van der Waals surface area contributed by atoms with Crippen molar-refractivity contribution in [2.75, 3.05) is 13.7 Å². The van der Waals surface area contributed by atoms with Crippen LogP contribution in [0, 0.1) is 0 Å². The molecule has 7 heteroatoms. The molecule has 0 aliphatic carbocycles. The van der Waals surface area contributed by atoms with Gasteiger partial charge in [-0.2, -0.15) is 0 Å². The minimum absolute atomic E-state index is 0.242. The molecule has 0 aliphatic heterocycles. The van der Waals surface area contributed by atoms with Gasteiger partial charge in [0.15, 0.2) is 5.75 Å². The second-order valence-electron chi connectivity index (χ2n) is 4.02. The molecule has 0 radical (unpaired) electrons. The van der Waals surface area contributed by atoms with E-state index in [9.17, 15) is 4.79 Å². The Bertz CT molecular complexity index is 600. The van der Waals surface area contributed by atoms with Crippen LogP contribution < -0.4 is 10.1 Å². The molecule has 20 heavy (non-hydrogen) atoms. The maximum atomic E-state index is 12.2. The van der Waals surface area contributed by atoms with E-state index in [4.69, 9.17) is 27.9 Å². The molecular weight excluding hydrogens is 301 g/mol.